The predicted octanol–water partition coefficient (Wildman–Crippen LogP) is 26.8. The van der Waals surface area contributed by atoms with Crippen molar-refractivity contribution < 1.29 is 24.2 Å². The van der Waals surface area contributed by atoms with Gasteiger partial charge in [-0.15, -0.1) is 0 Å². The molecule has 0 aromatic rings. The van der Waals surface area contributed by atoms with Gasteiger partial charge in [-0.05, 0) is 89.9 Å². The van der Waals surface area contributed by atoms with Crippen LogP contribution in [-0.4, -0.2) is 36.4 Å². The molecule has 0 aromatic carbocycles. The van der Waals surface area contributed by atoms with E-state index in [4.69, 9.17) is 9.47 Å². The van der Waals surface area contributed by atoms with Gasteiger partial charge in [0.25, 0.3) is 0 Å². The average Bonchev–Trinajstić information content (AvgIpc) is 3.55. The van der Waals surface area contributed by atoms with Crippen molar-refractivity contribution in [2.75, 3.05) is 13.2 Å². The largest absolute Gasteiger partial charge is 0.462 e. The highest BCUT2D eigenvalue weighted by Crippen LogP contribution is 2.19. The van der Waals surface area contributed by atoms with Crippen LogP contribution in [0.15, 0.2) is 85.1 Å². The van der Waals surface area contributed by atoms with Gasteiger partial charge in [0, 0.05) is 12.8 Å². The van der Waals surface area contributed by atoms with Gasteiger partial charge in [0.15, 0.2) is 6.10 Å². The van der Waals surface area contributed by atoms with E-state index >= 15 is 0 Å². The molecule has 1 atom stereocenters. The van der Waals surface area contributed by atoms with Crippen molar-refractivity contribution in [1.82, 2.24) is 0 Å². The molecule has 86 heavy (non-hydrogen) atoms. The Labute approximate surface area is 536 Å². The van der Waals surface area contributed by atoms with E-state index in [0.717, 1.165) is 77.0 Å². The molecule has 0 aliphatic heterocycles. The molecule has 0 aliphatic rings. The molecule has 0 fully saturated rings. The minimum atomic E-state index is -0.773. The lowest BCUT2D eigenvalue weighted by molar-refractivity contribution is -0.161. The number of unbranched alkanes of at least 4 members (excludes halogenated alkanes) is 49. The van der Waals surface area contributed by atoms with E-state index in [-0.39, 0.29) is 25.2 Å². The van der Waals surface area contributed by atoms with Gasteiger partial charge in [-0.1, -0.05) is 381 Å². The minimum absolute atomic E-state index is 0.0618. The van der Waals surface area contributed by atoms with E-state index < -0.39 is 6.10 Å². The van der Waals surface area contributed by atoms with Gasteiger partial charge in [-0.3, -0.25) is 9.59 Å². The first-order valence-corrected chi connectivity index (χ1v) is 38.1. The van der Waals surface area contributed by atoms with Gasteiger partial charge < -0.3 is 14.6 Å². The number of esters is 2. The van der Waals surface area contributed by atoms with Crippen molar-refractivity contribution in [3.05, 3.63) is 85.1 Å². The van der Waals surface area contributed by atoms with Crippen LogP contribution in [0.25, 0.3) is 0 Å². The molecule has 0 radical (unpaired) electrons. The molecule has 500 valence electrons. The van der Waals surface area contributed by atoms with Gasteiger partial charge >= 0.3 is 11.9 Å². The molecule has 5 nitrogen and oxygen atoms in total. The standard InChI is InChI=1S/C81H146O5/c1-3-5-7-9-11-13-15-17-19-21-23-25-27-29-31-33-35-37-38-39-40-41-42-44-45-47-49-51-53-55-57-59-61-63-65-67-69-71-73-75-80(83)85-78-79(77-82)86-81(84)76-74-72-70-68-66-64-62-60-58-56-54-52-50-48-46-43-36-34-32-30-28-26-24-22-20-18-16-14-12-10-8-6-4-2/h6,8,12,14-15,17-18,20-21,23-24,26-27,29,79,82H,3-5,7,9-11,13,16,19,22,25,28,30-78H2,1-2H3/b8-6-,14-12-,17-15-,20-18-,23-21-,26-24-,29-27-. The quantitative estimate of drug-likeness (QED) is 0.0373. The van der Waals surface area contributed by atoms with Crippen LogP contribution in [0.5, 0.6) is 0 Å². The molecule has 1 unspecified atom stereocenters. The van der Waals surface area contributed by atoms with Gasteiger partial charge in [0.05, 0.1) is 6.61 Å². The van der Waals surface area contributed by atoms with Gasteiger partial charge in [-0.25, -0.2) is 0 Å². The third-order valence-corrected chi connectivity index (χ3v) is 17.2. The first kappa shape index (κ1) is 83.1. The summed E-state index contributed by atoms with van der Waals surface area (Å²) < 4.78 is 10.8. The average molecular weight is 1200 g/mol. The van der Waals surface area contributed by atoms with Gasteiger partial charge in [0.1, 0.15) is 6.61 Å². The number of rotatable bonds is 71. The Hall–Kier alpha value is -2.92. The molecule has 5 heteroatoms. The Morgan fingerprint density at radius 3 is 0.756 bits per heavy atom. The zero-order valence-electron chi connectivity index (χ0n) is 57.6. The third kappa shape index (κ3) is 73.5. The summed E-state index contributed by atoms with van der Waals surface area (Å²) in [5.41, 5.74) is 0. The summed E-state index contributed by atoms with van der Waals surface area (Å²) in [5, 5.41) is 9.72. The van der Waals surface area contributed by atoms with Crippen LogP contribution in [-0.2, 0) is 19.1 Å². The fourth-order valence-corrected chi connectivity index (χ4v) is 11.5. The van der Waals surface area contributed by atoms with Crippen LogP contribution >= 0.6 is 0 Å². The molecule has 0 heterocycles. The van der Waals surface area contributed by atoms with Crippen LogP contribution in [0.3, 0.4) is 0 Å². The number of carbonyl (C=O) groups excluding carboxylic acids is 2. The first-order chi connectivity index (χ1) is 42.6. The Kier molecular flexibility index (Phi) is 73.7. The third-order valence-electron chi connectivity index (χ3n) is 17.2. The van der Waals surface area contributed by atoms with Crippen LogP contribution in [0.4, 0.5) is 0 Å². The molecule has 0 saturated carbocycles. The van der Waals surface area contributed by atoms with E-state index in [2.05, 4.69) is 98.9 Å². The normalized spacial score (nSPS) is 12.6. The summed E-state index contributed by atoms with van der Waals surface area (Å²) >= 11 is 0. The number of hydrogen-bond acceptors (Lipinski definition) is 5. The van der Waals surface area contributed by atoms with Crippen LogP contribution < -0.4 is 0 Å². The molecule has 0 bridgehead atoms. The zero-order chi connectivity index (χ0) is 61.9. The van der Waals surface area contributed by atoms with E-state index in [0.29, 0.717) is 12.8 Å². The molecule has 0 aromatic heterocycles. The summed E-state index contributed by atoms with van der Waals surface area (Å²) in [7, 11) is 0. The Morgan fingerprint density at radius 2 is 0.500 bits per heavy atom. The summed E-state index contributed by atoms with van der Waals surface area (Å²) in [6.07, 6.45) is 108. The maximum Gasteiger partial charge on any atom is 0.306 e. The van der Waals surface area contributed by atoms with E-state index in [1.54, 1.807) is 0 Å². The highest BCUT2D eigenvalue weighted by molar-refractivity contribution is 5.70. The van der Waals surface area contributed by atoms with Crippen LogP contribution in [0.1, 0.15) is 399 Å². The number of allylic oxidation sites excluding steroid dienone is 14. The lowest BCUT2D eigenvalue weighted by Gasteiger charge is -2.15. The Morgan fingerprint density at radius 1 is 0.279 bits per heavy atom. The molecule has 0 saturated heterocycles. The molecule has 1 N–H and O–H groups in total. The van der Waals surface area contributed by atoms with Crippen LogP contribution in [0, 0.1) is 0 Å². The second kappa shape index (κ2) is 76.3. The lowest BCUT2D eigenvalue weighted by Crippen LogP contribution is -2.28. The van der Waals surface area contributed by atoms with Crippen molar-refractivity contribution in [2.24, 2.45) is 0 Å². The zero-order valence-corrected chi connectivity index (χ0v) is 57.6. The summed E-state index contributed by atoms with van der Waals surface area (Å²) in [5.74, 6) is -0.569. The smallest absolute Gasteiger partial charge is 0.306 e. The molecule has 0 amide bonds. The van der Waals surface area contributed by atoms with E-state index in [1.165, 1.54) is 295 Å². The van der Waals surface area contributed by atoms with Crippen molar-refractivity contribution in [2.45, 2.75) is 405 Å². The number of aliphatic hydroxyl groups is 1. The van der Waals surface area contributed by atoms with Crippen molar-refractivity contribution in [3.8, 4) is 0 Å². The SMILES string of the molecule is CC/C=C\C/C=C\C/C=C\C/C=C\CCCCCCCCCCCCCCCCCCCCCCC(=O)OC(CO)COC(=O)CCCCCCCCCCCCCCCCCCCCCCCCCC/C=C\C/C=C\C/C=C\CCCCCCC. The Bertz CT molecular complexity index is 1550. The minimum Gasteiger partial charge on any atom is -0.462 e. The van der Waals surface area contributed by atoms with Crippen molar-refractivity contribution in [1.29, 1.82) is 0 Å². The fraction of sp³-hybridized carbons (Fsp3) is 0.802. The number of hydrogen-bond donors (Lipinski definition) is 1. The number of carbonyl (C=O) groups is 2. The summed E-state index contributed by atoms with van der Waals surface area (Å²) in [6.45, 7) is 4.07. The molecular formula is C81H146O5. The second-order valence-electron chi connectivity index (χ2n) is 25.7. The molecular weight excluding hydrogens is 1050 g/mol. The molecule has 0 rings (SSSR count). The maximum atomic E-state index is 12.4. The topological polar surface area (TPSA) is 72.8 Å². The van der Waals surface area contributed by atoms with Crippen molar-refractivity contribution in [3.63, 3.8) is 0 Å². The van der Waals surface area contributed by atoms with E-state index in [1.807, 2.05) is 0 Å². The van der Waals surface area contributed by atoms with Crippen molar-refractivity contribution >= 4 is 11.9 Å². The number of ether oxygens (including phenoxy) is 2. The lowest BCUT2D eigenvalue weighted by atomic mass is 10.0. The first-order valence-electron chi connectivity index (χ1n) is 38.1. The van der Waals surface area contributed by atoms with Gasteiger partial charge in [-0.2, -0.15) is 0 Å². The highest BCUT2D eigenvalue weighted by Gasteiger charge is 2.16. The van der Waals surface area contributed by atoms with E-state index in [9.17, 15) is 14.7 Å². The molecule has 0 aliphatic carbocycles. The summed E-state index contributed by atoms with van der Waals surface area (Å²) in [4.78, 5) is 24.7. The maximum absolute atomic E-state index is 12.4. The second-order valence-corrected chi connectivity index (χ2v) is 25.7. The predicted molar refractivity (Wildman–Crippen MR) is 380 cm³/mol. The fourth-order valence-electron chi connectivity index (χ4n) is 11.5. The Balaban J connectivity index is 3.39. The molecule has 0 spiro atoms. The van der Waals surface area contributed by atoms with Crippen LogP contribution in [0.2, 0.25) is 0 Å². The number of aliphatic hydroxyl groups excluding tert-OH is 1. The monoisotopic (exact) mass is 1200 g/mol. The summed E-state index contributed by atoms with van der Waals surface area (Å²) in [6, 6.07) is 0. The highest BCUT2D eigenvalue weighted by atomic mass is 16.6. The van der Waals surface area contributed by atoms with Gasteiger partial charge in [0.2, 0.25) is 0 Å².